The van der Waals surface area contributed by atoms with Crippen LogP contribution in [0.25, 0.3) is 0 Å². The monoisotopic (exact) mass is 330 g/mol. The maximum atomic E-state index is 12.7. The van der Waals surface area contributed by atoms with E-state index in [9.17, 15) is 9.90 Å². The van der Waals surface area contributed by atoms with Gasteiger partial charge in [0, 0.05) is 24.4 Å². The van der Waals surface area contributed by atoms with Gasteiger partial charge in [0.1, 0.15) is 5.69 Å². The molecule has 0 saturated carbocycles. The molecule has 5 heteroatoms. The van der Waals surface area contributed by atoms with Crippen molar-refractivity contribution in [2.45, 2.75) is 44.8 Å². The molecule has 2 aromatic rings. The second-order valence-corrected chi connectivity index (χ2v) is 7.11. The molecule has 1 fully saturated rings. The topological polar surface area (TPSA) is 53.4 Å². The number of amides is 1. The van der Waals surface area contributed by atoms with Gasteiger partial charge in [0.25, 0.3) is 5.91 Å². The fourth-order valence-electron chi connectivity index (χ4n) is 3.15. The summed E-state index contributed by atoms with van der Waals surface area (Å²) in [5.74, 6) is 0.00344. The van der Waals surface area contributed by atoms with E-state index >= 15 is 0 Å². The minimum atomic E-state index is -0.377. The van der Waals surface area contributed by atoms with E-state index in [1.165, 1.54) is 16.9 Å². The fraction of sp³-hybridized carbons (Fsp3) is 0.444. The Morgan fingerprint density at radius 1 is 1.43 bits per heavy atom. The zero-order chi connectivity index (χ0) is 16.2. The molecular formula is C18H22N2O2S. The largest absolute Gasteiger partial charge is 0.393 e. The number of carbonyl (C=O) groups excluding carboxylic acids is 1. The van der Waals surface area contributed by atoms with Crippen molar-refractivity contribution in [1.82, 2.24) is 9.88 Å². The molecule has 1 aliphatic heterocycles. The summed E-state index contributed by atoms with van der Waals surface area (Å²) in [6.45, 7) is 2.55. The Morgan fingerprint density at radius 2 is 2.22 bits per heavy atom. The molecule has 2 heterocycles. The predicted octanol–water partition coefficient (Wildman–Crippen LogP) is 3.11. The lowest BCUT2D eigenvalue weighted by Crippen LogP contribution is -2.37. The molecule has 0 spiro atoms. The van der Waals surface area contributed by atoms with Gasteiger partial charge in [-0.2, -0.15) is 0 Å². The van der Waals surface area contributed by atoms with Crippen LogP contribution in [0, 0.1) is 0 Å². The summed E-state index contributed by atoms with van der Waals surface area (Å²) < 4.78 is 0. The molecule has 1 N–H and O–H groups in total. The molecule has 1 aliphatic rings. The van der Waals surface area contributed by atoms with Crippen LogP contribution in [-0.2, 0) is 6.42 Å². The molecule has 2 atom stereocenters. The maximum Gasteiger partial charge on any atom is 0.273 e. The van der Waals surface area contributed by atoms with Gasteiger partial charge in [0.15, 0.2) is 0 Å². The summed E-state index contributed by atoms with van der Waals surface area (Å²) in [5, 5.41) is 12.4. The fourth-order valence-corrected chi connectivity index (χ4v) is 3.95. The molecule has 0 bridgehead atoms. The molecule has 122 valence electrons. The lowest BCUT2D eigenvalue weighted by Gasteiger charge is -2.24. The van der Waals surface area contributed by atoms with Crippen molar-refractivity contribution in [3.05, 3.63) is 52.0 Å². The zero-order valence-corrected chi connectivity index (χ0v) is 14.1. The number of benzene rings is 1. The molecule has 2 unspecified atom stereocenters. The summed E-state index contributed by atoms with van der Waals surface area (Å²) in [6.07, 6.45) is 3.00. The highest BCUT2D eigenvalue weighted by atomic mass is 32.1. The summed E-state index contributed by atoms with van der Waals surface area (Å²) in [5.41, 5.74) is 1.74. The number of rotatable bonds is 5. The number of carbonyl (C=O) groups is 1. The first-order chi connectivity index (χ1) is 11.1. The third kappa shape index (κ3) is 3.98. The molecule has 1 saturated heterocycles. The van der Waals surface area contributed by atoms with Crippen molar-refractivity contribution in [1.29, 1.82) is 0 Å². The van der Waals surface area contributed by atoms with E-state index in [1.54, 1.807) is 6.92 Å². The summed E-state index contributed by atoms with van der Waals surface area (Å²) in [7, 11) is 0. The number of aromatic nitrogens is 1. The number of hydrogen-bond acceptors (Lipinski definition) is 4. The summed E-state index contributed by atoms with van der Waals surface area (Å²) in [4.78, 5) is 19.1. The van der Waals surface area contributed by atoms with Crippen molar-refractivity contribution < 1.29 is 9.90 Å². The van der Waals surface area contributed by atoms with Gasteiger partial charge in [-0.05, 0) is 31.7 Å². The Hall–Kier alpha value is -1.72. The smallest absolute Gasteiger partial charge is 0.273 e. The number of aliphatic hydroxyl groups excluding tert-OH is 1. The van der Waals surface area contributed by atoms with Crippen LogP contribution in [0.4, 0.5) is 0 Å². The number of thiazole rings is 1. The van der Waals surface area contributed by atoms with Crippen LogP contribution in [0.5, 0.6) is 0 Å². The number of nitrogens with zero attached hydrogens (tertiary/aromatic N) is 2. The third-order valence-electron chi connectivity index (χ3n) is 4.22. The Labute approximate surface area is 140 Å². The van der Waals surface area contributed by atoms with Crippen molar-refractivity contribution in [3.8, 4) is 0 Å². The predicted molar refractivity (Wildman–Crippen MR) is 91.7 cm³/mol. The molecule has 1 amide bonds. The average molecular weight is 330 g/mol. The zero-order valence-electron chi connectivity index (χ0n) is 13.3. The summed E-state index contributed by atoms with van der Waals surface area (Å²) in [6, 6.07) is 10.3. The molecular weight excluding hydrogens is 308 g/mol. The van der Waals surface area contributed by atoms with E-state index < -0.39 is 0 Å². The number of aliphatic hydroxyl groups is 1. The van der Waals surface area contributed by atoms with Gasteiger partial charge < -0.3 is 10.0 Å². The molecule has 4 nitrogen and oxygen atoms in total. The van der Waals surface area contributed by atoms with Gasteiger partial charge in [-0.1, -0.05) is 30.3 Å². The third-order valence-corrected chi connectivity index (χ3v) is 5.07. The molecule has 1 aromatic heterocycles. The van der Waals surface area contributed by atoms with Crippen molar-refractivity contribution in [2.24, 2.45) is 0 Å². The van der Waals surface area contributed by atoms with Crippen LogP contribution >= 0.6 is 11.3 Å². The maximum absolute atomic E-state index is 12.7. The first-order valence-corrected chi connectivity index (χ1v) is 8.99. The lowest BCUT2D eigenvalue weighted by molar-refractivity contribution is 0.0677. The van der Waals surface area contributed by atoms with Gasteiger partial charge in [-0.15, -0.1) is 11.3 Å². The number of hydrogen-bond donors (Lipinski definition) is 1. The van der Waals surface area contributed by atoms with Crippen LogP contribution in [-0.4, -0.2) is 39.6 Å². The minimum Gasteiger partial charge on any atom is -0.393 e. The van der Waals surface area contributed by atoms with E-state index in [2.05, 4.69) is 17.1 Å². The van der Waals surface area contributed by atoms with Gasteiger partial charge in [0.2, 0.25) is 0 Å². The minimum absolute atomic E-state index is 0.00344. The Kier molecular flexibility index (Phi) is 5.08. The molecule has 23 heavy (non-hydrogen) atoms. The van der Waals surface area contributed by atoms with Crippen LogP contribution in [0.2, 0.25) is 0 Å². The Bertz CT molecular complexity index is 654. The lowest BCUT2D eigenvalue weighted by atomic mass is 10.1. The average Bonchev–Trinajstić information content (AvgIpc) is 3.17. The first kappa shape index (κ1) is 16.1. The first-order valence-electron chi connectivity index (χ1n) is 8.11. The van der Waals surface area contributed by atoms with Crippen LogP contribution < -0.4 is 0 Å². The highest BCUT2D eigenvalue weighted by Gasteiger charge is 2.31. The molecule has 0 radical (unpaired) electrons. The van der Waals surface area contributed by atoms with Crippen molar-refractivity contribution >= 4 is 17.2 Å². The van der Waals surface area contributed by atoms with Gasteiger partial charge in [0.05, 0.1) is 11.1 Å². The number of likely N-dealkylation sites (tertiary alicyclic amines) is 1. The van der Waals surface area contributed by atoms with E-state index in [0.29, 0.717) is 12.1 Å². The van der Waals surface area contributed by atoms with Gasteiger partial charge in [-0.25, -0.2) is 4.98 Å². The standard InChI is InChI=1S/C18H22N2O2S/c1-13(21)10-15-8-5-9-20(15)18(22)16-12-23-17(19-16)11-14-6-3-2-4-7-14/h2-4,6-7,12-13,15,21H,5,8-11H2,1H3. The van der Waals surface area contributed by atoms with E-state index in [4.69, 9.17) is 0 Å². The molecule has 1 aromatic carbocycles. The molecule has 0 aliphatic carbocycles. The van der Waals surface area contributed by atoms with Crippen molar-refractivity contribution in [2.75, 3.05) is 6.54 Å². The van der Waals surface area contributed by atoms with Crippen LogP contribution in [0.3, 0.4) is 0 Å². The second kappa shape index (κ2) is 7.23. The van der Waals surface area contributed by atoms with Gasteiger partial charge in [-0.3, -0.25) is 4.79 Å². The highest BCUT2D eigenvalue weighted by molar-refractivity contribution is 7.09. The SMILES string of the molecule is CC(O)CC1CCCN1C(=O)c1csc(Cc2ccccc2)n1. The Morgan fingerprint density at radius 3 is 2.96 bits per heavy atom. The summed E-state index contributed by atoms with van der Waals surface area (Å²) >= 11 is 1.54. The van der Waals surface area contributed by atoms with E-state index in [0.717, 1.165) is 30.8 Å². The highest BCUT2D eigenvalue weighted by Crippen LogP contribution is 2.24. The van der Waals surface area contributed by atoms with E-state index in [-0.39, 0.29) is 18.1 Å². The van der Waals surface area contributed by atoms with Crippen LogP contribution in [0.15, 0.2) is 35.7 Å². The second-order valence-electron chi connectivity index (χ2n) is 6.17. The van der Waals surface area contributed by atoms with E-state index in [1.807, 2.05) is 28.5 Å². The quantitative estimate of drug-likeness (QED) is 0.916. The Balaban J connectivity index is 1.68. The van der Waals surface area contributed by atoms with Crippen LogP contribution in [0.1, 0.15) is 47.2 Å². The molecule has 3 rings (SSSR count). The normalized spacial score (nSPS) is 19.0. The van der Waals surface area contributed by atoms with Crippen molar-refractivity contribution in [3.63, 3.8) is 0 Å². The van der Waals surface area contributed by atoms with Gasteiger partial charge >= 0.3 is 0 Å².